The van der Waals surface area contributed by atoms with Crippen molar-refractivity contribution in [1.29, 1.82) is 0 Å². The number of carbonyl (C=O) groups excluding carboxylic acids is 1. The van der Waals surface area contributed by atoms with Gasteiger partial charge in [0, 0.05) is 43.2 Å². The van der Waals surface area contributed by atoms with E-state index in [2.05, 4.69) is 20.9 Å². The third kappa shape index (κ3) is 3.46. The maximum Gasteiger partial charge on any atom is 0.323 e. The van der Waals surface area contributed by atoms with Gasteiger partial charge in [-0.05, 0) is 36.1 Å². The smallest absolute Gasteiger partial charge is 0.323 e. The van der Waals surface area contributed by atoms with E-state index in [1.165, 1.54) is 4.88 Å². The van der Waals surface area contributed by atoms with Crippen molar-refractivity contribution in [3.8, 4) is 0 Å². The second-order valence-corrected chi connectivity index (χ2v) is 7.29. The van der Waals surface area contributed by atoms with Gasteiger partial charge in [-0.15, -0.1) is 11.3 Å². The van der Waals surface area contributed by atoms with Crippen LogP contribution in [-0.2, 0) is 11.2 Å². The number of amides is 1. The molecule has 1 amide bonds. The van der Waals surface area contributed by atoms with Gasteiger partial charge in [0.05, 0.1) is 11.0 Å². The van der Waals surface area contributed by atoms with E-state index in [1.54, 1.807) is 11.3 Å². The molecule has 3 heterocycles. The standard InChI is InChI=1S/C18H20N4O2S/c23-17(6-4-14-2-1-11-25-14)22-9-7-21(8-10-22)13-3-5-15-16(12-13)20-18(24)19-15/h1-3,5,11-12H,4,6-10H2,(H2,19,20,24). The van der Waals surface area contributed by atoms with Crippen molar-refractivity contribution < 1.29 is 4.79 Å². The number of nitrogens with one attached hydrogen (secondary N) is 2. The Hall–Kier alpha value is -2.54. The third-order valence-electron chi connectivity index (χ3n) is 4.66. The van der Waals surface area contributed by atoms with Crippen LogP contribution in [0.1, 0.15) is 11.3 Å². The maximum atomic E-state index is 12.4. The molecule has 0 bridgehead atoms. The molecule has 3 aromatic rings. The molecular weight excluding hydrogens is 336 g/mol. The van der Waals surface area contributed by atoms with Crippen LogP contribution < -0.4 is 10.6 Å². The molecule has 0 spiro atoms. The number of H-pyrrole nitrogens is 2. The van der Waals surface area contributed by atoms with E-state index >= 15 is 0 Å². The Kier molecular flexibility index (Phi) is 4.31. The van der Waals surface area contributed by atoms with E-state index in [0.29, 0.717) is 6.42 Å². The highest BCUT2D eigenvalue weighted by molar-refractivity contribution is 7.09. The number of thiophene rings is 1. The van der Waals surface area contributed by atoms with Crippen LogP contribution in [0.3, 0.4) is 0 Å². The molecule has 6 nitrogen and oxygen atoms in total. The molecule has 2 N–H and O–H groups in total. The second kappa shape index (κ2) is 6.76. The summed E-state index contributed by atoms with van der Waals surface area (Å²) >= 11 is 1.71. The third-order valence-corrected chi connectivity index (χ3v) is 5.60. The zero-order chi connectivity index (χ0) is 17.2. The predicted molar refractivity (Wildman–Crippen MR) is 100 cm³/mol. The molecule has 0 atom stereocenters. The zero-order valence-corrected chi connectivity index (χ0v) is 14.6. The second-order valence-electron chi connectivity index (χ2n) is 6.26. The number of aryl methyl sites for hydroxylation is 1. The van der Waals surface area contributed by atoms with Crippen molar-refractivity contribution in [3.05, 3.63) is 51.1 Å². The molecule has 0 saturated carbocycles. The largest absolute Gasteiger partial charge is 0.368 e. The number of fused-ring (bicyclic) bond motifs is 1. The van der Waals surface area contributed by atoms with Crippen LogP contribution in [0.4, 0.5) is 5.69 Å². The van der Waals surface area contributed by atoms with Crippen LogP contribution in [0.5, 0.6) is 0 Å². The Morgan fingerprint density at radius 1 is 1.08 bits per heavy atom. The molecule has 1 aromatic carbocycles. The number of hydrogen-bond acceptors (Lipinski definition) is 4. The van der Waals surface area contributed by atoms with E-state index < -0.39 is 0 Å². The fourth-order valence-corrected chi connectivity index (χ4v) is 3.98. The van der Waals surface area contributed by atoms with Gasteiger partial charge in [-0.3, -0.25) is 4.79 Å². The van der Waals surface area contributed by atoms with Gasteiger partial charge in [-0.25, -0.2) is 4.79 Å². The van der Waals surface area contributed by atoms with Crippen LogP contribution in [0.15, 0.2) is 40.5 Å². The molecule has 0 aliphatic carbocycles. The van der Waals surface area contributed by atoms with E-state index in [0.717, 1.165) is 49.3 Å². The normalized spacial score (nSPS) is 15.0. The summed E-state index contributed by atoms with van der Waals surface area (Å²) in [7, 11) is 0. The van der Waals surface area contributed by atoms with Gasteiger partial charge in [0.15, 0.2) is 0 Å². The molecule has 130 valence electrons. The Morgan fingerprint density at radius 3 is 2.64 bits per heavy atom. The van der Waals surface area contributed by atoms with Crippen LogP contribution >= 0.6 is 11.3 Å². The van der Waals surface area contributed by atoms with Crippen LogP contribution in [0.2, 0.25) is 0 Å². The highest BCUT2D eigenvalue weighted by Gasteiger charge is 2.21. The van der Waals surface area contributed by atoms with E-state index in [4.69, 9.17) is 0 Å². The van der Waals surface area contributed by atoms with Crippen molar-refractivity contribution in [2.45, 2.75) is 12.8 Å². The van der Waals surface area contributed by atoms with Gasteiger partial charge in [-0.1, -0.05) is 6.07 Å². The molecule has 1 aliphatic heterocycles. The summed E-state index contributed by atoms with van der Waals surface area (Å²) in [4.78, 5) is 34.8. The average molecular weight is 356 g/mol. The summed E-state index contributed by atoms with van der Waals surface area (Å²) in [5.74, 6) is 0.235. The highest BCUT2D eigenvalue weighted by Crippen LogP contribution is 2.21. The van der Waals surface area contributed by atoms with E-state index in [1.807, 2.05) is 34.5 Å². The summed E-state index contributed by atoms with van der Waals surface area (Å²) in [5, 5.41) is 2.05. The van der Waals surface area contributed by atoms with Crippen molar-refractivity contribution in [3.63, 3.8) is 0 Å². The molecule has 4 rings (SSSR count). The fourth-order valence-electron chi connectivity index (χ4n) is 3.27. The van der Waals surface area contributed by atoms with Gasteiger partial charge in [-0.2, -0.15) is 0 Å². The number of aromatic nitrogens is 2. The van der Waals surface area contributed by atoms with Crippen LogP contribution in [0, 0.1) is 0 Å². The first-order valence-corrected chi connectivity index (χ1v) is 9.34. The maximum absolute atomic E-state index is 12.4. The molecule has 0 unspecified atom stereocenters. The van der Waals surface area contributed by atoms with Gasteiger partial charge < -0.3 is 19.8 Å². The summed E-state index contributed by atoms with van der Waals surface area (Å²) in [5.41, 5.74) is 2.52. The summed E-state index contributed by atoms with van der Waals surface area (Å²) in [6.45, 7) is 3.10. The lowest BCUT2D eigenvalue weighted by molar-refractivity contribution is -0.131. The number of nitrogens with zero attached hydrogens (tertiary/aromatic N) is 2. The Morgan fingerprint density at radius 2 is 1.88 bits per heavy atom. The molecule has 1 saturated heterocycles. The minimum absolute atomic E-state index is 0.187. The number of carbonyl (C=O) groups is 1. The van der Waals surface area contributed by atoms with Gasteiger partial charge >= 0.3 is 5.69 Å². The number of rotatable bonds is 4. The van der Waals surface area contributed by atoms with E-state index in [9.17, 15) is 9.59 Å². The summed E-state index contributed by atoms with van der Waals surface area (Å²) in [6.07, 6.45) is 1.41. The minimum Gasteiger partial charge on any atom is -0.368 e. The molecule has 1 aliphatic rings. The topological polar surface area (TPSA) is 72.2 Å². The van der Waals surface area contributed by atoms with Crippen molar-refractivity contribution in [2.75, 3.05) is 31.1 Å². The molecule has 25 heavy (non-hydrogen) atoms. The Balaban J connectivity index is 1.35. The predicted octanol–water partition coefficient (Wildman–Crippen LogP) is 2.20. The zero-order valence-electron chi connectivity index (χ0n) is 13.8. The lowest BCUT2D eigenvalue weighted by Crippen LogP contribution is -2.48. The monoisotopic (exact) mass is 356 g/mol. The van der Waals surface area contributed by atoms with Gasteiger partial charge in [0.25, 0.3) is 0 Å². The first-order chi connectivity index (χ1) is 12.2. The number of hydrogen-bond donors (Lipinski definition) is 2. The first-order valence-electron chi connectivity index (χ1n) is 8.46. The lowest BCUT2D eigenvalue weighted by Gasteiger charge is -2.36. The molecular formula is C18H20N4O2S. The fraction of sp³-hybridized carbons (Fsp3) is 0.333. The molecule has 7 heteroatoms. The first kappa shape index (κ1) is 16.0. The Bertz CT molecular complexity index is 920. The number of benzene rings is 1. The highest BCUT2D eigenvalue weighted by atomic mass is 32.1. The number of aromatic amines is 2. The van der Waals surface area contributed by atoms with Crippen molar-refractivity contribution >= 4 is 34.0 Å². The molecule has 2 aromatic heterocycles. The van der Waals surface area contributed by atoms with Gasteiger partial charge in [0.1, 0.15) is 0 Å². The minimum atomic E-state index is -0.187. The summed E-state index contributed by atoms with van der Waals surface area (Å²) < 4.78 is 0. The van der Waals surface area contributed by atoms with Gasteiger partial charge in [0.2, 0.25) is 5.91 Å². The SMILES string of the molecule is O=C(CCc1cccs1)N1CCN(c2ccc3[nH]c(=O)[nH]c3c2)CC1. The Labute approximate surface area is 149 Å². The molecule has 1 fully saturated rings. The molecule has 0 radical (unpaired) electrons. The van der Waals surface area contributed by atoms with Crippen LogP contribution in [-0.4, -0.2) is 47.0 Å². The number of imidazole rings is 1. The summed E-state index contributed by atoms with van der Waals surface area (Å²) in [6, 6.07) is 10.0. The quantitative estimate of drug-likeness (QED) is 0.753. The number of anilines is 1. The number of piperazine rings is 1. The lowest BCUT2D eigenvalue weighted by atomic mass is 10.2. The van der Waals surface area contributed by atoms with Crippen molar-refractivity contribution in [1.82, 2.24) is 14.9 Å². The average Bonchev–Trinajstić information content (AvgIpc) is 3.27. The van der Waals surface area contributed by atoms with E-state index in [-0.39, 0.29) is 11.6 Å². The van der Waals surface area contributed by atoms with Crippen molar-refractivity contribution in [2.24, 2.45) is 0 Å². The van der Waals surface area contributed by atoms with Crippen LogP contribution in [0.25, 0.3) is 11.0 Å².